The van der Waals surface area contributed by atoms with Crippen molar-refractivity contribution in [3.05, 3.63) is 0 Å². The molecular formula is C12H21N. The lowest BCUT2D eigenvalue weighted by Crippen LogP contribution is -2.26. The van der Waals surface area contributed by atoms with Gasteiger partial charge in [-0.3, -0.25) is 4.90 Å². The number of rotatable bonds is 3. The van der Waals surface area contributed by atoms with Crippen LogP contribution in [0.1, 0.15) is 40.0 Å². The average molecular weight is 179 g/mol. The SMILES string of the molecule is CC#CCN1CCC(CC)(CC)C1. The third-order valence-electron chi connectivity index (χ3n) is 3.50. The molecule has 1 heterocycles. The van der Waals surface area contributed by atoms with E-state index in [1.165, 1.54) is 32.4 Å². The molecule has 1 rings (SSSR count). The molecule has 0 aliphatic carbocycles. The third-order valence-corrected chi connectivity index (χ3v) is 3.50. The van der Waals surface area contributed by atoms with Crippen molar-refractivity contribution in [3.8, 4) is 11.8 Å². The van der Waals surface area contributed by atoms with Crippen LogP contribution in [0.25, 0.3) is 0 Å². The van der Waals surface area contributed by atoms with Crippen molar-refractivity contribution in [1.29, 1.82) is 0 Å². The van der Waals surface area contributed by atoms with Crippen molar-refractivity contribution < 1.29 is 0 Å². The first-order chi connectivity index (χ1) is 6.26. The van der Waals surface area contributed by atoms with Crippen molar-refractivity contribution in [2.75, 3.05) is 19.6 Å². The van der Waals surface area contributed by atoms with Crippen LogP contribution in [0.2, 0.25) is 0 Å². The molecule has 74 valence electrons. The minimum atomic E-state index is 0.607. The van der Waals surface area contributed by atoms with Crippen LogP contribution in [0.15, 0.2) is 0 Å². The Bertz CT molecular complexity index is 205. The molecule has 0 aromatic rings. The highest BCUT2D eigenvalue weighted by molar-refractivity contribution is 5.00. The standard InChI is InChI=1S/C12H21N/c1-4-7-9-13-10-8-12(5-2,6-3)11-13/h5-6,8-11H2,1-3H3. The van der Waals surface area contributed by atoms with Crippen LogP contribution in [0.4, 0.5) is 0 Å². The summed E-state index contributed by atoms with van der Waals surface area (Å²) in [5.74, 6) is 6.12. The molecule has 1 heteroatoms. The van der Waals surface area contributed by atoms with E-state index in [2.05, 4.69) is 30.6 Å². The minimum Gasteiger partial charge on any atom is -0.292 e. The van der Waals surface area contributed by atoms with Crippen LogP contribution in [0.3, 0.4) is 0 Å². The quantitative estimate of drug-likeness (QED) is 0.602. The fourth-order valence-corrected chi connectivity index (χ4v) is 2.18. The Hall–Kier alpha value is -0.480. The molecule has 0 spiro atoms. The van der Waals surface area contributed by atoms with E-state index in [4.69, 9.17) is 0 Å². The van der Waals surface area contributed by atoms with Gasteiger partial charge in [0.2, 0.25) is 0 Å². The van der Waals surface area contributed by atoms with Gasteiger partial charge in [0.15, 0.2) is 0 Å². The van der Waals surface area contributed by atoms with Gasteiger partial charge in [-0.05, 0) is 38.1 Å². The van der Waals surface area contributed by atoms with Crippen LogP contribution in [0, 0.1) is 17.3 Å². The van der Waals surface area contributed by atoms with Gasteiger partial charge in [-0.15, -0.1) is 5.92 Å². The molecule has 0 bridgehead atoms. The lowest BCUT2D eigenvalue weighted by molar-refractivity contribution is 0.253. The fraction of sp³-hybridized carbons (Fsp3) is 0.833. The van der Waals surface area contributed by atoms with Crippen molar-refractivity contribution in [1.82, 2.24) is 4.90 Å². The Morgan fingerprint density at radius 1 is 1.31 bits per heavy atom. The van der Waals surface area contributed by atoms with Gasteiger partial charge >= 0.3 is 0 Å². The minimum absolute atomic E-state index is 0.607. The summed E-state index contributed by atoms with van der Waals surface area (Å²) in [6.45, 7) is 10.0. The predicted octanol–water partition coefficient (Wildman–Crippen LogP) is 2.52. The van der Waals surface area contributed by atoms with Crippen LogP contribution in [0.5, 0.6) is 0 Å². The normalized spacial score (nSPS) is 21.2. The maximum atomic E-state index is 3.15. The fourth-order valence-electron chi connectivity index (χ4n) is 2.18. The van der Waals surface area contributed by atoms with Crippen LogP contribution >= 0.6 is 0 Å². The molecule has 0 aromatic carbocycles. The number of nitrogens with zero attached hydrogens (tertiary/aromatic N) is 1. The zero-order valence-corrected chi connectivity index (χ0v) is 9.19. The highest BCUT2D eigenvalue weighted by atomic mass is 15.1. The summed E-state index contributed by atoms with van der Waals surface area (Å²) < 4.78 is 0. The van der Waals surface area contributed by atoms with Crippen molar-refractivity contribution in [2.24, 2.45) is 5.41 Å². The van der Waals surface area contributed by atoms with E-state index >= 15 is 0 Å². The van der Waals surface area contributed by atoms with Crippen LogP contribution < -0.4 is 0 Å². The number of hydrogen-bond donors (Lipinski definition) is 0. The lowest BCUT2D eigenvalue weighted by Gasteiger charge is -2.25. The molecule has 0 radical (unpaired) electrons. The van der Waals surface area contributed by atoms with Gasteiger partial charge in [0, 0.05) is 6.54 Å². The second-order valence-electron chi connectivity index (χ2n) is 4.09. The first-order valence-electron chi connectivity index (χ1n) is 5.38. The maximum absolute atomic E-state index is 3.15. The smallest absolute Gasteiger partial charge is 0.0601 e. The molecule has 1 fully saturated rings. The van der Waals surface area contributed by atoms with Crippen LogP contribution in [-0.4, -0.2) is 24.5 Å². The molecule has 0 unspecified atom stereocenters. The molecule has 1 aliphatic rings. The highest BCUT2D eigenvalue weighted by Crippen LogP contribution is 2.36. The van der Waals surface area contributed by atoms with Gasteiger partial charge in [0.05, 0.1) is 6.54 Å². The number of likely N-dealkylation sites (tertiary alicyclic amines) is 1. The summed E-state index contributed by atoms with van der Waals surface area (Å²) >= 11 is 0. The molecule has 1 nitrogen and oxygen atoms in total. The first-order valence-corrected chi connectivity index (χ1v) is 5.38. The van der Waals surface area contributed by atoms with Gasteiger partial charge in [-0.25, -0.2) is 0 Å². The Morgan fingerprint density at radius 3 is 2.46 bits per heavy atom. The van der Waals surface area contributed by atoms with Gasteiger partial charge in [0.1, 0.15) is 0 Å². The first kappa shape index (κ1) is 10.6. The summed E-state index contributed by atoms with van der Waals surface area (Å²) in [7, 11) is 0. The Kier molecular flexibility index (Phi) is 3.81. The van der Waals surface area contributed by atoms with E-state index in [1.54, 1.807) is 0 Å². The topological polar surface area (TPSA) is 3.24 Å². The van der Waals surface area contributed by atoms with Crippen molar-refractivity contribution in [2.45, 2.75) is 40.0 Å². The van der Waals surface area contributed by atoms with Gasteiger partial charge in [-0.2, -0.15) is 0 Å². The van der Waals surface area contributed by atoms with E-state index in [9.17, 15) is 0 Å². The van der Waals surface area contributed by atoms with Crippen molar-refractivity contribution in [3.63, 3.8) is 0 Å². The summed E-state index contributed by atoms with van der Waals surface area (Å²) in [4.78, 5) is 2.49. The van der Waals surface area contributed by atoms with E-state index < -0.39 is 0 Å². The molecule has 1 aliphatic heterocycles. The Balaban J connectivity index is 2.45. The summed E-state index contributed by atoms with van der Waals surface area (Å²) in [5, 5.41) is 0. The molecule has 0 saturated carbocycles. The molecule has 0 aromatic heterocycles. The zero-order valence-electron chi connectivity index (χ0n) is 9.19. The van der Waals surface area contributed by atoms with Gasteiger partial charge < -0.3 is 0 Å². The van der Waals surface area contributed by atoms with E-state index in [0.717, 1.165) is 6.54 Å². The van der Waals surface area contributed by atoms with Crippen molar-refractivity contribution >= 4 is 0 Å². The van der Waals surface area contributed by atoms with Gasteiger partial charge in [-0.1, -0.05) is 19.8 Å². The van der Waals surface area contributed by atoms with E-state index in [1.807, 2.05) is 6.92 Å². The molecule has 13 heavy (non-hydrogen) atoms. The molecule has 1 saturated heterocycles. The Labute approximate surface area is 82.5 Å². The average Bonchev–Trinajstić information content (AvgIpc) is 2.59. The molecular weight excluding hydrogens is 158 g/mol. The Morgan fingerprint density at radius 2 is 2.00 bits per heavy atom. The summed E-state index contributed by atoms with van der Waals surface area (Å²) in [6.07, 6.45) is 4.00. The maximum Gasteiger partial charge on any atom is 0.0601 e. The number of hydrogen-bond acceptors (Lipinski definition) is 1. The molecule has 0 atom stereocenters. The van der Waals surface area contributed by atoms with E-state index in [0.29, 0.717) is 5.41 Å². The second kappa shape index (κ2) is 4.67. The third kappa shape index (κ3) is 2.48. The predicted molar refractivity (Wildman–Crippen MR) is 57.5 cm³/mol. The monoisotopic (exact) mass is 179 g/mol. The zero-order chi connectivity index (χ0) is 9.73. The second-order valence-corrected chi connectivity index (χ2v) is 4.09. The van der Waals surface area contributed by atoms with Crippen LogP contribution in [-0.2, 0) is 0 Å². The highest BCUT2D eigenvalue weighted by Gasteiger charge is 2.34. The van der Waals surface area contributed by atoms with Gasteiger partial charge in [0.25, 0.3) is 0 Å². The lowest BCUT2D eigenvalue weighted by atomic mass is 9.82. The molecule has 0 amide bonds. The summed E-state index contributed by atoms with van der Waals surface area (Å²) in [6, 6.07) is 0. The summed E-state index contributed by atoms with van der Waals surface area (Å²) in [5.41, 5.74) is 0.607. The molecule has 0 N–H and O–H groups in total. The largest absolute Gasteiger partial charge is 0.292 e. The van der Waals surface area contributed by atoms with E-state index in [-0.39, 0.29) is 0 Å².